The minimum Gasteiger partial charge on any atom is -0.481 e. The zero-order valence-corrected chi connectivity index (χ0v) is 27.5. The van der Waals surface area contributed by atoms with E-state index in [2.05, 4.69) is 34.6 Å². The molecule has 3 aromatic rings. The highest BCUT2D eigenvalue weighted by atomic mass is 35.5. The molecule has 1 saturated heterocycles. The van der Waals surface area contributed by atoms with Crippen molar-refractivity contribution < 1.29 is 14.3 Å². The Morgan fingerprint density at radius 1 is 1.13 bits per heavy atom. The number of anilines is 1. The van der Waals surface area contributed by atoms with E-state index in [1.165, 1.54) is 18.8 Å². The van der Waals surface area contributed by atoms with Crippen LogP contribution in [0, 0.1) is 13.8 Å². The maximum absolute atomic E-state index is 13.2. The van der Waals surface area contributed by atoms with Gasteiger partial charge in [-0.05, 0) is 62.8 Å². The molecule has 1 fully saturated rings. The summed E-state index contributed by atoms with van der Waals surface area (Å²) in [7, 11) is 3.11. The molecular weight excluding hydrogens is 604 g/mol. The third-order valence-electron chi connectivity index (χ3n) is 8.71. The molecule has 3 N–H and O–H groups in total. The van der Waals surface area contributed by atoms with Gasteiger partial charge in [-0.15, -0.1) is 0 Å². The average Bonchev–Trinajstić information content (AvgIpc) is 3.62. The summed E-state index contributed by atoms with van der Waals surface area (Å²) in [5.41, 5.74) is 6.24. The molecule has 2 atom stereocenters. The molecule has 2 aromatic carbocycles. The second-order valence-electron chi connectivity index (χ2n) is 11.8. The number of methoxy groups -OCH3 is 1. The molecule has 1 aliphatic carbocycles. The van der Waals surface area contributed by atoms with Crippen molar-refractivity contribution in [3.05, 3.63) is 98.0 Å². The number of carbonyl (C=O) groups is 2. The number of benzene rings is 2. The summed E-state index contributed by atoms with van der Waals surface area (Å²) in [5, 5.41) is 13.9. The topological polar surface area (TPSA) is 127 Å². The van der Waals surface area contributed by atoms with Crippen molar-refractivity contribution in [2.45, 2.75) is 58.5 Å². The normalized spacial score (nSPS) is 18.1. The van der Waals surface area contributed by atoms with Crippen LogP contribution in [0.1, 0.15) is 59.7 Å². The van der Waals surface area contributed by atoms with Gasteiger partial charge >= 0.3 is 0 Å². The number of ether oxygens (including phenoxy) is 1. The number of nitrogens with one attached hydrogen (secondary N) is 3. The summed E-state index contributed by atoms with van der Waals surface area (Å²) in [4.78, 5) is 42.3. The number of hydrogen-bond donors (Lipinski definition) is 3. The van der Waals surface area contributed by atoms with Gasteiger partial charge in [0.25, 0.3) is 11.5 Å². The number of allylic oxidation sites excluding steroid dienone is 1. The van der Waals surface area contributed by atoms with E-state index in [9.17, 15) is 14.4 Å². The van der Waals surface area contributed by atoms with Crippen molar-refractivity contribution in [3.63, 3.8) is 0 Å². The third-order valence-corrected chi connectivity index (χ3v) is 9.11. The van der Waals surface area contributed by atoms with Crippen LogP contribution in [-0.2, 0) is 16.6 Å². The molecular formula is C35H39ClN6O4. The molecule has 0 spiro atoms. The molecule has 1 aliphatic heterocycles. The lowest BCUT2D eigenvalue weighted by atomic mass is 9.96. The van der Waals surface area contributed by atoms with Crippen molar-refractivity contribution in [2.24, 2.45) is 12.0 Å². The first-order valence-electron chi connectivity index (χ1n) is 15.3. The number of nitrogens with zero attached hydrogens (tertiary/aromatic N) is 3. The fraction of sp³-hybridized carbons (Fsp3) is 0.343. The highest BCUT2D eigenvalue weighted by molar-refractivity contribution is 6.35. The average molecular weight is 643 g/mol. The Morgan fingerprint density at radius 2 is 1.87 bits per heavy atom. The largest absolute Gasteiger partial charge is 0.481 e. The SMILES string of the molecule is C=C(N=C(OC)C1=C(C)CCC1NCC1CCC(=O)N1)c1cccc(-c2cccc(NC(=O)c3c(C)cnn(C)c3=O)c2C)c1Cl. The smallest absolute Gasteiger partial charge is 0.279 e. The predicted octanol–water partition coefficient (Wildman–Crippen LogP) is 5.33. The molecule has 0 saturated carbocycles. The minimum absolute atomic E-state index is 0.0424. The van der Waals surface area contributed by atoms with Gasteiger partial charge in [0.05, 0.1) is 24.0 Å². The molecule has 0 bridgehead atoms. The van der Waals surface area contributed by atoms with E-state index in [0.717, 1.165) is 46.2 Å². The Balaban J connectivity index is 1.40. The van der Waals surface area contributed by atoms with Gasteiger partial charge in [0.1, 0.15) is 5.56 Å². The van der Waals surface area contributed by atoms with Crippen LogP contribution in [0.2, 0.25) is 5.02 Å². The van der Waals surface area contributed by atoms with Crippen LogP contribution in [0.4, 0.5) is 5.69 Å². The fourth-order valence-electron chi connectivity index (χ4n) is 6.09. The number of rotatable bonds is 9. The second-order valence-corrected chi connectivity index (χ2v) is 12.2. The molecule has 5 rings (SSSR count). The molecule has 2 aliphatic rings. The quantitative estimate of drug-likeness (QED) is 0.214. The Hall–Kier alpha value is -4.54. The van der Waals surface area contributed by atoms with E-state index >= 15 is 0 Å². The lowest BCUT2D eigenvalue weighted by Gasteiger charge is -2.21. The van der Waals surface area contributed by atoms with Crippen LogP contribution < -0.4 is 21.5 Å². The molecule has 2 amide bonds. The maximum atomic E-state index is 13.2. The number of hydrogen-bond acceptors (Lipinski definition) is 7. The van der Waals surface area contributed by atoms with Gasteiger partial charge < -0.3 is 20.7 Å². The number of aliphatic imine (C=N–C) groups is 1. The van der Waals surface area contributed by atoms with Crippen molar-refractivity contribution in [2.75, 3.05) is 19.0 Å². The van der Waals surface area contributed by atoms with E-state index in [1.54, 1.807) is 20.1 Å². The first kappa shape index (κ1) is 32.8. The predicted molar refractivity (Wildman–Crippen MR) is 182 cm³/mol. The monoisotopic (exact) mass is 642 g/mol. The number of amides is 2. The Bertz CT molecular complexity index is 1840. The maximum Gasteiger partial charge on any atom is 0.279 e. The van der Waals surface area contributed by atoms with Crippen molar-refractivity contribution >= 4 is 40.7 Å². The number of aryl methyl sites for hydroxylation is 2. The van der Waals surface area contributed by atoms with E-state index < -0.39 is 11.5 Å². The molecule has 46 heavy (non-hydrogen) atoms. The molecule has 2 unspecified atom stereocenters. The van der Waals surface area contributed by atoms with Gasteiger partial charge in [-0.25, -0.2) is 9.67 Å². The first-order chi connectivity index (χ1) is 22.0. The van der Waals surface area contributed by atoms with Gasteiger partial charge in [-0.2, -0.15) is 5.10 Å². The van der Waals surface area contributed by atoms with E-state index in [-0.39, 0.29) is 23.6 Å². The Morgan fingerprint density at radius 3 is 2.59 bits per heavy atom. The van der Waals surface area contributed by atoms with Gasteiger partial charge in [-0.3, -0.25) is 14.4 Å². The van der Waals surface area contributed by atoms with Crippen LogP contribution in [0.3, 0.4) is 0 Å². The summed E-state index contributed by atoms with van der Waals surface area (Å²) in [6, 6.07) is 11.4. The lowest BCUT2D eigenvalue weighted by molar-refractivity contribution is -0.119. The molecule has 2 heterocycles. The van der Waals surface area contributed by atoms with Crippen LogP contribution in [0.25, 0.3) is 16.8 Å². The number of halogens is 1. The van der Waals surface area contributed by atoms with Crippen LogP contribution in [0.15, 0.2) is 70.1 Å². The van der Waals surface area contributed by atoms with Crippen LogP contribution in [-0.4, -0.2) is 53.2 Å². The van der Waals surface area contributed by atoms with Gasteiger partial charge in [0.2, 0.25) is 11.8 Å². The van der Waals surface area contributed by atoms with E-state index in [1.807, 2.05) is 37.3 Å². The van der Waals surface area contributed by atoms with Crippen molar-refractivity contribution in [3.8, 4) is 11.1 Å². The van der Waals surface area contributed by atoms with Gasteiger partial charge in [0, 0.05) is 54.5 Å². The zero-order chi connectivity index (χ0) is 33.1. The van der Waals surface area contributed by atoms with Gasteiger partial charge in [-0.1, -0.05) is 54.1 Å². The second kappa shape index (κ2) is 13.8. The molecule has 11 heteroatoms. The van der Waals surface area contributed by atoms with E-state index in [4.69, 9.17) is 21.3 Å². The molecule has 10 nitrogen and oxygen atoms in total. The summed E-state index contributed by atoms with van der Waals surface area (Å²) in [6.45, 7) is 10.6. The highest BCUT2D eigenvalue weighted by Crippen LogP contribution is 2.38. The minimum atomic E-state index is -0.507. The summed E-state index contributed by atoms with van der Waals surface area (Å²) < 4.78 is 6.95. The van der Waals surface area contributed by atoms with Crippen LogP contribution in [0.5, 0.6) is 0 Å². The molecule has 0 radical (unpaired) electrons. The summed E-state index contributed by atoms with van der Waals surface area (Å²) in [6.07, 6.45) is 4.71. The summed E-state index contributed by atoms with van der Waals surface area (Å²) >= 11 is 7.03. The van der Waals surface area contributed by atoms with Crippen molar-refractivity contribution in [1.82, 2.24) is 20.4 Å². The lowest BCUT2D eigenvalue weighted by Crippen LogP contribution is -2.41. The van der Waals surface area contributed by atoms with Crippen LogP contribution >= 0.6 is 11.6 Å². The van der Waals surface area contributed by atoms with Gasteiger partial charge in [0.15, 0.2) is 0 Å². The first-order valence-corrected chi connectivity index (χ1v) is 15.6. The number of carbonyl (C=O) groups excluding carboxylic acids is 2. The third kappa shape index (κ3) is 6.68. The standard InChI is InChI=1S/C35H39ClN6O4/c1-19-13-15-28(37-18-23-14-16-29(43)40-23)30(19)34(46-6)39-22(4)25-10-7-11-26(32(25)36)24-9-8-12-27(21(24)3)41-33(44)31-20(2)17-38-42(5)35(31)45/h7-12,17,23,28,37H,4,13-16,18H2,1-3,5-6H3,(H,40,43)(H,41,44). The molecule has 1 aromatic heterocycles. The Kier molecular flexibility index (Phi) is 9.88. The fourth-order valence-corrected chi connectivity index (χ4v) is 6.43. The zero-order valence-electron chi connectivity index (χ0n) is 26.8. The van der Waals surface area contributed by atoms with Crippen molar-refractivity contribution in [1.29, 1.82) is 0 Å². The highest BCUT2D eigenvalue weighted by Gasteiger charge is 2.30. The summed E-state index contributed by atoms with van der Waals surface area (Å²) in [5.74, 6) is 0.0686. The van der Waals surface area contributed by atoms with E-state index in [0.29, 0.717) is 46.4 Å². The Labute approximate surface area is 273 Å². The number of aromatic nitrogens is 2. The molecule has 240 valence electrons.